The summed E-state index contributed by atoms with van der Waals surface area (Å²) in [6.45, 7) is 3.01. The normalized spacial score (nSPS) is 23.3. The molecule has 5 heterocycles. The van der Waals surface area contributed by atoms with Gasteiger partial charge in [0.15, 0.2) is 5.58 Å². The monoisotopic (exact) mass is 356 g/mol. The van der Waals surface area contributed by atoms with E-state index >= 15 is 0 Å². The van der Waals surface area contributed by atoms with Crippen LogP contribution in [0.25, 0.3) is 11.0 Å². The molecule has 26 heavy (non-hydrogen) atoms. The van der Waals surface area contributed by atoms with Crippen molar-refractivity contribution in [1.82, 2.24) is 19.9 Å². The summed E-state index contributed by atoms with van der Waals surface area (Å²) < 4.78 is 32.4. The molecule has 3 aromatic rings. The molecule has 3 aliphatic rings. The molecule has 0 amide bonds. The summed E-state index contributed by atoms with van der Waals surface area (Å²) in [4.78, 5) is 8.82. The first-order chi connectivity index (χ1) is 12.7. The minimum atomic E-state index is -0.321. The van der Waals surface area contributed by atoms with Crippen molar-refractivity contribution in [2.24, 2.45) is 0 Å². The minimum absolute atomic E-state index is 0.245. The predicted molar refractivity (Wildman–Crippen MR) is 91.2 cm³/mol. The smallest absolute Gasteiger partial charge is 0.170 e. The Morgan fingerprint density at radius 2 is 1.92 bits per heavy atom. The van der Waals surface area contributed by atoms with Crippen LogP contribution in [0, 0.1) is 11.6 Å². The van der Waals surface area contributed by atoms with E-state index in [1.165, 1.54) is 18.2 Å². The molecule has 3 saturated heterocycles. The molecular weight excluding hydrogens is 338 g/mol. The van der Waals surface area contributed by atoms with Crippen LogP contribution in [0.2, 0.25) is 0 Å². The third kappa shape index (κ3) is 2.68. The van der Waals surface area contributed by atoms with Crippen molar-refractivity contribution < 1.29 is 13.3 Å². The van der Waals surface area contributed by atoms with Crippen molar-refractivity contribution in [3.8, 4) is 0 Å². The maximum Gasteiger partial charge on any atom is 0.170 e. The maximum absolute atomic E-state index is 13.8. The first-order valence-corrected chi connectivity index (χ1v) is 8.78. The topological polar surface area (TPSA) is 45.4 Å². The standard InChI is InChI=1S/C19H18F2N4O/c20-12-3-4-15-17(23-26-19(15)6-12)11-25-13-7-14(25)9-24(8-13)10-18-16(21)2-1-5-22-18/h1-6,13-14H,7-11H2. The molecule has 6 rings (SSSR count). The minimum Gasteiger partial charge on any atom is -0.356 e. The fourth-order valence-electron chi connectivity index (χ4n) is 4.16. The Morgan fingerprint density at radius 1 is 1.08 bits per heavy atom. The van der Waals surface area contributed by atoms with Crippen LogP contribution in [-0.4, -0.2) is 45.1 Å². The molecule has 0 saturated carbocycles. The van der Waals surface area contributed by atoms with Crippen LogP contribution < -0.4 is 0 Å². The van der Waals surface area contributed by atoms with E-state index < -0.39 is 0 Å². The first-order valence-electron chi connectivity index (χ1n) is 8.78. The fourth-order valence-corrected chi connectivity index (χ4v) is 4.16. The Hall–Kier alpha value is -2.38. The zero-order chi connectivity index (χ0) is 17.7. The quantitative estimate of drug-likeness (QED) is 0.719. The van der Waals surface area contributed by atoms with Crippen molar-refractivity contribution >= 4 is 11.0 Å². The zero-order valence-electron chi connectivity index (χ0n) is 14.1. The van der Waals surface area contributed by atoms with Crippen LogP contribution >= 0.6 is 0 Å². The second-order valence-corrected chi connectivity index (χ2v) is 7.11. The molecule has 2 unspecified atom stereocenters. The average Bonchev–Trinajstić information content (AvgIpc) is 3.03. The van der Waals surface area contributed by atoms with E-state index in [4.69, 9.17) is 4.52 Å². The van der Waals surface area contributed by atoms with E-state index in [1.54, 1.807) is 18.3 Å². The van der Waals surface area contributed by atoms with Gasteiger partial charge in [0.25, 0.3) is 0 Å². The lowest BCUT2D eigenvalue weighted by molar-refractivity contribution is -0.0787. The van der Waals surface area contributed by atoms with Gasteiger partial charge in [-0.3, -0.25) is 14.8 Å². The van der Waals surface area contributed by atoms with Gasteiger partial charge in [-0.1, -0.05) is 5.16 Å². The highest BCUT2D eigenvalue weighted by molar-refractivity contribution is 5.79. The van der Waals surface area contributed by atoms with Gasteiger partial charge >= 0.3 is 0 Å². The van der Waals surface area contributed by atoms with Gasteiger partial charge in [0, 0.05) is 55.9 Å². The molecule has 3 fully saturated rings. The summed E-state index contributed by atoms with van der Waals surface area (Å²) in [5, 5.41) is 4.99. The molecule has 134 valence electrons. The molecule has 7 heteroatoms. The van der Waals surface area contributed by atoms with Crippen LogP contribution in [0.15, 0.2) is 41.1 Å². The summed E-state index contributed by atoms with van der Waals surface area (Å²) in [5.41, 5.74) is 1.83. The number of piperazine rings is 1. The molecule has 2 bridgehead atoms. The Bertz CT molecular complexity index is 948. The van der Waals surface area contributed by atoms with Crippen molar-refractivity contribution in [1.29, 1.82) is 0 Å². The molecule has 0 aliphatic carbocycles. The second-order valence-electron chi connectivity index (χ2n) is 7.11. The van der Waals surface area contributed by atoms with E-state index in [0.29, 0.717) is 36.5 Å². The van der Waals surface area contributed by atoms with Gasteiger partial charge in [-0.2, -0.15) is 0 Å². The van der Waals surface area contributed by atoms with Crippen molar-refractivity contribution in [3.63, 3.8) is 0 Å². The predicted octanol–water partition coefficient (Wildman–Crippen LogP) is 2.96. The van der Waals surface area contributed by atoms with Gasteiger partial charge in [-0.05, 0) is 30.7 Å². The van der Waals surface area contributed by atoms with E-state index in [2.05, 4.69) is 19.9 Å². The Kier molecular flexibility index (Phi) is 3.72. The number of pyridine rings is 1. The third-order valence-corrected chi connectivity index (χ3v) is 5.47. The summed E-state index contributed by atoms with van der Waals surface area (Å²) in [7, 11) is 0. The van der Waals surface area contributed by atoms with Crippen molar-refractivity contribution in [3.05, 3.63) is 59.6 Å². The Labute approximate surface area is 149 Å². The molecule has 3 aliphatic heterocycles. The van der Waals surface area contributed by atoms with Gasteiger partial charge < -0.3 is 4.52 Å². The molecule has 0 spiro atoms. The largest absolute Gasteiger partial charge is 0.356 e. The lowest BCUT2D eigenvalue weighted by Gasteiger charge is -2.56. The average molecular weight is 356 g/mol. The fraction of sp³-hybridized carbons (Fsp3) is 0.368. The third-order valence-electron chi connectivity index (χ3n) is 5.47. The number of halogens is 2. The number of piperidine rings is 1. The van der Waals surface area contributed by atoms with Crippen LogP contribution in [0.5, 0.6) is 0 Å². The summed E-state index contributed by atoms with van der Waals surface area (Å²) in [6.07, 6.45) is 2.78. The summed E-state index contributed by atoms with van der Waals surface area (Å²) in [6, 6.07) is 8.44. The zero-order valence-corrected chi connectivity index (χ0v) is 14.1. The molecule has 1 aromatic carbocycles. The van der Waals surface area contributed by atoms with Crippen LogP contribution in [-0.2, 0) is 13.1 Å². The van der Waals surface area contributed by atoms with Crippen molar-refractivity contribution in [2.75, 3.05) is 13.1 Å². The molecule has 5 nitrogen and oxygen atoms in total. The highest BCUT2D eigenvalue weighted by Crippen LogP contribution is 2.35. The van der Waals surface area contributed by atoms with E-state index in [0.717, 1.165) is 30.6 Å². The van der Waals surface area contributed by atoms with Gasteiger partial charge in [-0.15, -0.1) is 0 Å². The molecule has 0 N–H and O–H groups in total. The van der Waals surface area contributed by atoms with E-state index in [9.17, 15) is 8.78 Å². The summed E-state index contributed by atoms with van der Waals surface area (Å²) >= 11 is 0. The maximum atomic E-state index is 13.8. The Morgan fingerprint density at radius 3 is 2.73 bits per heavy atom. The lowest BCUT2D eigenvalue weighted by atomic mass is 9.87. The lowest BCUT2D eigenvalue weighted by Crippen LogP contribution is -2.67. The van der Waals surface area contributed by atoms with Crippen LogP contribution in [0.3, 0.4) is 0 Å². The number of nitrogens with zero attached hydrogens (tertiary/aromatic N) is 4. The molecular formula is C19H18F2N4O. The van der Waals surface area contributed by atoms with Crippen LogP contribution in [0.1, 0.15) is 17.8 Å². The highest BCUT2D eigenvalue weighted by atomic mass is 19.1. The number of benzene rings is 1. The van der Waals surface area contributed by atoms with E-state index in [1.807, 2.05) is 0 Å². The van der Waals surface area contributed by atoms with Gasteiger partial charge in [0.05, 0.1) is 5.69 Å². The second kappa shape index (κ2) is 6.10. The number of fused-ring (bicyclic) bond motifs is 3. The number of rotatable bonds is 4. The highest BCUT2D eigenvalue weighted by Gasteiger charge is 2.44. The number of hydrogen-bond donors (Lipinski definition) is 0. The summed E-state index contributed by atoms with van der Waals surface area (Å²) in [5.74, 6) is -0.566. The molecule has 2 atom stereocenters. The molecule has 2 aromatic heterocycles. The van der Waals surface area contributed by atoms with Gasteiger partial charge in [-0.25, -0.2) is 8.78 Å². The van der Waals surface area contributed by atoms with Crippen molar-refractivity contribution in [2.45, 2.75) is 31.6 Å². The molecule has 0 radical (unpaired) electrons. The van der Waals surface area contributed by atoms with E-state index in [-0.39, 0.29) is 11.6 Å². The first kappa shape index (κ1) is 15.8. The Balaban J connectivity index is 1.27. The SMILES string of the molecule is Fc1ccc2c(CN3C4CC3CN(Cc3ncccc3F)C4)noc2c1. The number of hydrogen-bond acceptors (Lipinski definition) is 5. The van der Waals surface area contributed by atoms with Gasteiger partial charge in [0.1, 0.15) is 17.3 Å². The number of aromatic nitrogens is 2. The van der Waals surface area contributed by atoms with Gasteiger partial charge in [0.2, 0.25) is 0 Å². The van der Waals surface area contributed by atoms with Crippen LogP contribution in [0.4, 0.5) is 8.78 Å².